The molecular formula is C10H7Br2F3O2. The Bertz CT molecular complexity index is 444. The summed E-state index contributed by atoms with van der Waals surface area (Å²) in [5, 5.41) is 0.216. The number of ether oxygens (including phenoxy) is 1. The molecule has 0 heterocycles. The summed E-state index contributed by atoms with van der Waals surface area (Å²) in [5.41, 5.74) is -0.687. The maximum atomic E-state index is 12.7. The average molecular weight is 376 g/mol. The topological polar surface area (TPSA) is 26.3 Å². The van der Waals surface area contributed by atoms with Gasteiger partial charge in [-0.3, -0.25) is 0 Å². The standard InChI is InChI=1S/C10H7Br2F3O2/c1-17-9(16)6-2-5(4-11)3-7(8(6)12)10(13,14)15/h2-3H,4H2,1H3. The number of hydrogen-bond donors (Lipinski definition) is 0. The number of benzene rings is 1. The van der Waals surface area contributed by atoms with Gasteiger partial charge in [-0.1, -0.05) is 15.9 Å². The molecule has 1 aromatic carbocycles. The Balaban J connectivity index is 3.47. The van der Waals surface area contributed by atoms with Crippen molar-refractivity contribution in [3.8, 4) is 0 Å². The van der Waals surface area contributed by atoms with Crippen LogP contribution in [-0.4, -0.2) is 13.1 Å². The molecule has 0 atom stereocenters. The van der Waals surface area contributed by atoms with Crippen LogP contribution in [-0.2, 0) is 16.2 Å². The minimum atomic E-state index is -4.53. The highest BCUT2D eigenvalue weighted by Gasteiger charge is 2.35. The molecule has 0 unspecified atom stereocenters. The highest BCUT2D eigenvalue weighted by Crippen LogP contribution is 2.38. The molecule has 94 valence electrons. The summed E-state index contributed by atoms with van der Waals surface area (Å²) in [6.07, 6.45) is -4.53. The molecule has 0 aliphatic heterocycles. The molecule has 2 nitrogen and oxygen atoms in total. The van der Waals surface area contributed by atoms with E-state index < -0.39 is 17.7 Å². The molecule has 0 bridgehead atoms. The number of halogens is 5. The fourth-order valence-electron chi connectivity index (χ4n) is 1.23. The smallest absolute Gasteiger partial charge is 0.417 e. The van der Waals surface area contributed by atoms with Crippen LogP contribution in [0.3, 0.4) is 0 Å². The summed E-state index contributed by atoms with van der Waals surface area (Å²) >= 11 is 5.84. The van der Waals surface area contributed by atoms with Crippen molar-refractivity contribution >= 4 is 37.8 Å². The van der Waals surface area contributed by atoms with Crippen molar-refractivity contribution < 1.29 is 22.7 Å². The van der Waals surface area contributed by atoms with Crippen LogP contribution in [0.4, 0.5) is 13.2 Å². The number of alkyl halides is 4. The lowest BCUT2D eigenvalue weighted by molar-refractivity contribution is -0.138. The second-order valence-electron chi connectivity index (χ2n) is 3.13. The SMILES string of the molecule is COC(=O)c1cc(CBr)cc(C(F)(F)F)c1Br. The summed E-state index contributed by atoms with van der Waals surface area (Å²) in [7, 11) is 1.11. The van der Waals surface area contributed by atoms with E-state index in [0.717, 1.165) is 13.2 Å². The van der Waals surface area contributed by atoms with Crippen molar-refractivity contribution in [1.29, 1.82) is 0 Å². The molecular weight excluding hydrogens is 369 g/mol. The quantitative estimate of drug-likeness (QED) is 0.573. The van der Waals surface area contributed by atoms with E-state index in [-0.39, 0.29) is 15.4 Å². The van der Waals surface area contributed by atoms with E-state index in [9.17, 15) is 18.0 Å². The molecule has 7 heteroatoms. The van der Waals surface area contributed by atoms with Gasteiger partial charge in [0.2, 0.25) is 0 Å². The largest absolute Gasteiger partial charge is 0.465 e. The molecule has 17 heavy (non-hydrogen) atoms. The minimum Gasteiger partial charge on any atom is -0.465 e. The van der Waals surface area contributed by atoms with Crippen LogP contribution in [0.2, 0.25) is 0 Å². The Labute approximate surface area is 112 Å². The van der Waals surface area contributed by atoms with Crippen LogP contribution in [0.15, 0.2) is 16.6 Å². The molecule has 0 aliphatic rings. The van der Waals surface area contributed by atoms with Crippen LogP contribution < -0.4 is 0 Å². The number of carbonyl (C=O) groups excluding carboxylic acids is 1. The van der Waals surface area contributed by atoms with Crippen LogP contribution in [0, 0.1) is 0 Å². The molecule has 0 saturated carbocycles. The number of rotatable bonds is 2. The maximum absolute atomic E-state index is 12.7. The third-order valence-electron chi connectivity index (χ3n) is 2.00. The van der Waals surface area contributed by atoms with E-state index >= 15 is 0 Å². The van der Waals surface area contributed by atoms with Crippen LogP contribution in [0.5, 0.6) is 0 Å². The first-order chi connectivity index (χ1) is 7.81. The highest BCUT2D eigenvalue weighted by molar-refractivity contribution is 9.10. The second kappa shape index (κ2) is 5.39. The van der Waals surface area contributed by atoms with Crippen molar-refractivity contribution in [3.63, 3.8) is 0 Å². The zero-order valence-corrected chi connectivity index (χ0v) is 11.7. The maximum Gasteiger partial charge on any atom is 0.417 e. The van der Waals surface area contributed by atoms with Gasteiger partial charge in [-0.15, -0.1) is 0 Å². The van der Waals surface area contributed by atoms with Crippen molar-refractivity contribution in [3.05, 3.63) is 33.3 Å². The molecule has 0 spiro atoms. The fraction of sp³-hybridized carbons (Fsp3) is 0.300. The average Bonchev–Trinajstić information content (AvgIpc) is 2.26. The third kappa shape index (κ3) is 3.22. The van der Waals surface area contributed by atoms with Crippen LogP contribution in [0.1, 0.15) is 21.5 Å². The van der Waals surface area contributed by atoms with Gasteiger partial charge >= 0.3 is 12.1 Å². The van der Waals surface area contributed by atoms with Gasteiger partial charge in [0.1, 0.15) is 0 Å². The van der Waals surface area contributed by atoms with E-state index in [1.807, 2.05) is 0 Å². The summed E-state index contributed by atoms with van der Waals surface area (Å²) < 4.78 is 42.3. The predicted octanol–water partition coefficient (Wildman–Crippen LogP) is 4.15. The lowest BCUT2D eigenvalue weighted by Gasteiger charge is -2.13. The monoisotopic (exact) mass is 374 g/mol. The minimum absolute atomic E-state index is 0.142. The Morgan fingerprint density at radius 3 is 2.41 bits per heavy atom. The van der Waals surface area contributed by atoms with E-state index in [1.54, 1.807) is 0 Å². The van der Waals surface area contributed by atoms with Gasteiger partial charge in [0, 0.05) is 9.80 Å². The predicted molar refractivity (Wildman–Crippen MR) is 63.1 cm³/mol. The second-order valence-corrected chi connectivity index (χ2v) is 4.48. The van der Waals surface area contributed by atoms with Crippen molar-refractivity contribution in [2.45, 2.75) is 11.5 Å². The summed E-state index contributed by atoms with van der Waals surface area (Å²) in [6.45, 7) is 0. The Kier molecular flexibility index (Phi) is 4.60. The first-order valence-electron chi connectivity index (χ1n) is 4.35. The molecule has 0 aromatic heterocycles. The molecule has 0 radical (unpaired) electrons. The zero-order chi connectivity index (χ0) is 13.2. The molecule has 0 aliphatic carbocycles. The van der Waals surface area contributed by atoms with Gasteiger partial charge in [-0.05, 0) is 33.6 Å². The highest BCUT2D eigenvalue weighted by atomic mass is 79.9. The van der Waals surface area contributed by atoms with Gasteiger partial charge < -0.3 is 4.74 Å². The van der Waals surface area contributed by atoms with Gasteiger partial charge in [-0.25, -0.2) is 4.79 Å². The van der Waals surface area contributed by atoms with Crippen molar-refractivity contribution in [1.82, 2.24) is 0 Å². The van der Waals surface area contributed by atoms with Crippen LogP contribution in [0.25, 0.3) is 0 Å². The van der Waals surface area contributed by atoms with Gasteiger partial charge in [-0.2, -0.15) is 13.2 Å². The van der Waals surface area contributed by atoms with E-state index in [2.05, 4.69) is 36.6 Å². The van der Waals surface area contributed by atoms with Gasteiger partial charge in [0.05, 0.1) is 18.2 Å². The van der Waals surface area contributed by atoms with Crippen molar-refractivity contribution in [2.75, 3.05) is 7.11 Å². The molecule has 0 saturated heterocycles. The molecule has 0 fully saturated rings. The lowest BCUT2D eigenvalue weighted by Crippen LogP contribution is -2.11. The third-order valence-corrected chi connectivity index (χ3v) is 3.50. The van der Waals surface area contributed by atoms with E-state index in [0.29, 0.717) is 5.56 Å². The number of hydrogen-bond acceptors (Lipinski definition) is 2. The van der Waals surface area contributed by atoms with E-state index in [4.69, 9.17) is 0 Å². The Morgan fingerprint density at radius 1 is 1.41 bits per heavy atom. The van der Waals surface area contributed by atoms with Crippen molar-refractivity contribution in [2.24, 2.45) is 0 Å². The number of carbonyl (C=O) groups is 1. The first-order valence-corrected chi connectivity index (χ1v) is 6.26. The van der Waals surface area contributed by atoms with Crippen LogP contribution >= 0.6 is 31.9 Å². The molecule has 0 N–H and O–H groups in total. The normalized spacial score (nSPS) is 11.4. The molecule has 1 rings (SSSR count). The molecule has 0 amide bonds. The number of esters is 1. The Morgan fingerprint density at radius 2 is 2.00 bits per heavy atom. The fourth-order valence-corrected chi connectivity index (χ4v) is 2.17. The van der Waals surface area contributed by atoms with E-state index in [1.165, 1.54) is 6.07 Å². The summed E-state index contributed by atoms with van der Waals surface area (Å²) in [4.78, 5) is 11.3. The lowest BCUT2D eigenvalue weighted by atomic mass is 10.1. The van der Waals surface area contributed by atoms with Gasteiger partial charge in [0.15, 0.2) is 0 Å². The molecule has 1 aromatic rings. The summed E-state index contributed by atoms with van der Waals surface area (Å²) in [6, 6.07) is 2.32. The Hall–Kier alpha value is -0.560. The zero-order valence-electron chi connectivity index (χ0n) is 8.57. The number of methoxy groups -OCH3 is 1. The van der Waals surface area contributed by atoms with Gasteiger partial charge in [0.25, 0.3) is 0 Å². The first kappa shape index (κ1) is 14.5. The summed E-state index contributed by atoms with van der Waals surface area (Å²) in [5.74, 6) is -0.815.